The fraction of sp³-hybridized carbons (Fsp3) is 0.571. The molecule has 2 heteroatoms. The van der Waals surface area contributed by atoms with Crippen molar-refractivity contribution in [3.8, 4) is 5.75 Å². The zero-order chi connectivity index (χ0) is 12.2. The minimum Gasteiger partial charge on any atom is -0.494 e. The van der Waals surface area contributed by atoms with Crippen LogP contribution < -0.4 is 10.5 Å². The smallest absolute Gasteiger partial charge is 0.119 e. The molecule has 0 aliphatic rings. The summed E-state index contributed by atoms with van der Waals surface area (Å²) in [6, 6.07) is 8.17. The van der Waals surface area contributed by atoms with E-state index in [0.29, 0.717) is 0 Å². The van der Waals surface area contributed by atoms with Crippen LogP contribution in [0.25, 0.3) is 0 Å². The van der Waals surface area contributed by atoms with Crippen molar-refractivity contribution in [1.29, 1.82) is 0 Å². The quantitative estimate of drug-likeness (QED) is 0.844. The van der Waals surface area contributed by atoms with Gasteiger partial charge in [0.1, 0.15) is 5.75 Å². The Bertz CT molecular complexity index is 311. The van der Waals surface area contributed by atoms with Crippen LogP contribution in [0.15, 0.2) is 24.3 Å². The van der Waals surface area contributed by atoms with Crippen LogP contribution in [0.3, 0.4) is 0 Å². The molecule has 0 saturated carbocycles. The average molecular weight is 221 g/mol. The Morgan fingerprint density at radius 2 is 1.75 bits per heavy atom. The van der Waals surface area contributed by atoms with E-state index in [4.69, 9.17) is 10.5 Å². The van der Waals surface area contributed by atoms with Gasteiger partial charge in [-0.15, -0.1) is 0 Å². The lowest BCUT2D eigenvalue weighted by Crippen LogP contribution is -2.26. The van der Waals surface area contributed by atoms with Crippen LogP contribution in [-0.4, -0.2) is 6.61 Å². The van der Waals surface area contributed by atoms with Crippen molar-refractivity contribution in [2.24, 2.45) is 11.1 Å². The summed E-state index contributed by atoms with van der Waals surface area (Å²) >= 11 is 0. The largest absolute Gasteiger partial charge is 0.494 e. The number of ether oxygens (including phenoxy) is 1. The molecular weight excluding hydrogens is 198 g/mol. The van der Waals surface area contributed by atoms with Gasteiger partial charge in [-0.2, -0.15) is 0 Å². The van der Waals surface area contributed by atoms with Gasteiger partial charge in [0.25, 0.3) is 0 Å². The van der Waals surface area contributed by atoms with E-state index in [-0.39, 0.29) is 11.5 Å². The van der Waals surface area contributed by atoms with E-state index >= 15 is 0 Å². The number of hydrogen-bond donors (Lipinski definition) is 1. The van der Waals surface area contributed by atoms with Crippen LogP contribution in [0.4, 0.5) is 0 Å². The van der Waals surface area contributed by atoms with Crippen molar-refractivity contribution in [3.05, 3.63) is 29.8 Å². The lowest BCUT2D eigenvalue weighted by atomic mass is 9.83. The zero-order valence-corrected chi connectivity index (χ0v) is 10.8. The van der Waals surface area contributed by atoms with Gasteiger partial charge in [-0.3, -0.25) is 0 Å². The molecule has 0 bridgehead atoms. The molecule has 1 rings (SSSR count). The summed E-state index contributed by atoms with van der Waals surface area (Å²) in [5, 5.41) is 0. The Labute approximate surface area is 98.8 Å². The number of nitrogens with two attached hydrogens (primary N) is 1. The maximum Gasteiger partial charge on any atom is 0.119 e. The molecule has 0 aliphatic heterocycles. The molecule has 0 fully saturated rings. The molecule has 0 aromatic heterocycles. The summed E-state index contributed by atoms with van der Waals surface area (Å²) in [6.45, 7) is 9.33. The van der Waals surface area contributed by atoms with E-state index in [9.17, 15) is 0 Å². The predicted molar refractivity (Wildman–Crippen MR) is 68.6 cm³/mol. The van der Waals surface area contributed by atoms with Crippen molar-refractivity contribution in [3.63, 3.8) is 0 Å². The van der Waals surface area contributed by atoms with Crippen LogP contribution in [0.2, 0.25) is 0 Å². The molecule has 0 heterocycles. The van der Waals surface area contributed by atoms with Gasteiger partial charge in [0, 0.05) is 6.04 Å². The fourth-order valence-corrected chi connectivity index (χ4v) is 1.49. The van der Waals surface area contributed by atoms with Crippen molar-refractivity contribution in [2.75, 3.05) is 6.61 Å². The minimum absolute atomic E-state index is 0.0627. The number of rotatable bonds is 4. The molecule has 1 atom stereocenters. The first-order valence-corrected chi connectivity index (χ1v) is 5.93. The molecule has 2 nitrogen and oxygen atoms in total. The van der Waals surface area contributed by atoms with Crippen LogP contribution in [-0.2, 0) is 0 Å². The van der Waals surface area contributed by atoms with Crippen LogP contribution in [0.5, 0.6) is 5.75 Å². The lowest BCUT2D eigenvalue weighted by Gasteiger charge is -2.27. The molecule has 0 amide bonds. The first-order chi connectivity index (χ1) is 7.45. The second kappa shape index (κ2) is 5.35. The van der Waals surface area contributed by atoms with E-state index in [0.717, 1.165) is 24.3 Å². The van der Waals surface area contributed by atoms with E-state index < -0.39 is 0 Å². The van der Waals surface area contributed by atoms with E-state index in [1.807, 2.05) is 12.1 Å². The number of hydrogen-bond acceptors (Lipinski definition) is 2. The number of benzene rings is 1. The Morgan fingerprint density at radius 3 is 2.19 bits per heavy atom. The molecule has 90 valence electrons. The molecule has 0 radical (unpaired) electrons. The van der Waals surface area contributed by atoms with E-state index in [2.05, 4.69) is 39.8 Å². The first kappa shape index (κ1) is 13.0. The predicted octanol–water partition coefficient (Wildman–Crippen LogP) is 3.52. The highest BCUT2D eigenvalue weighted by molar-refractivity contribution is 5.29. The Morgan fingerprint density at radius 1 is 1.19 bits per heavy atom. The molecule has 2 N–H and O–H groups in total. The van der Waals surface area contributed by atoms with Gasteiger partial charge >= 0.3 is 0 Å². The molecule has 1 aromatic carbocycles. The molecule has 0 spiro atoms. The Hall–Kier alpha value is -1.02. The molecular formula is C14H23NO. The van der Waals surface area contributed by atoms with Gasteiger partial charge in [-0.25, -0.2) is 0 Å². The second-order valence-corrected chi connectivity index (χ2v) is 5.26. The topological polar surface area (TPSA) is 35.2 Å². The van der Waals surface area contributed by atoms with Crippen molar-refractivity contribution >= 4 is 0 Å². The summed E-state index contributed by atoms with van der Waals surface area (Å²) in [6.07, 6.45) is 1.03. The SMILES string of the molecule is CCCOc1ccc(C(N)C(C)(C)C)cc1. The van der Waals surface area contributed by atoms with Gasteiger partial charge in [-0.1, -0.05) is 39.8 Å². The third-order valence-corrected chi connectivity index (χ3v) is 2.65. The minimum atomic E-state index is 0.0627. The standard InChI is InChI=1S/C14H23NO/c1-5-10-16-12-8-6-11(7-9-12)13(15)14(2,3)4/h6-9,13H,5,10,15H2,1-4H3. The van der Waals surface area contributed by atoms with E-state index in [1.54, 1.807) is 0 Å². The third-order valence-electron chi connectivity index (χ3n) is 2.65. The summed E-state index contributed by atoms with van der Waals surface area (Å²) in [5.41, 5.74) is 7.43. The summed E-state index contributed by atoms with van der Waals surface area (Å²) in [4.78, 5) is 0. The third kappa shape index (κ3) is 3.53. The molecule has 16 heavy (non-hydrogen) atoms. The van der Waals surface area contributed by atoms with Gasteiger partial charge in [0.2, 0.25) is 0 Å². The van der Waals surface area contributed by atoms with Crippen LogP contribution >= 0.6 is 0 Å². The molecule has 1 aromatic rings. The highest BCUT2D eigenvalue weighted by Crippen LogP contribution is 2.31. The Kier molecular flexibility index (Phi) is 4.36. The Balaban J connectivity index is 2.71. The van der Waals surface area contributed by atoms with Crippen LogP contribution in [0.1, 0.15) is 45.7 Å². The van der Waals surface area contributed by atoms with Gasteiger partial charge in [-0.05, 0) is 29.5 Å². The summed E-state index contributed by atoms with van der Waals surface area (Å²) < 4.78 is 5.53. The molecule has 0 aliphatic carbocycles. The van der Waals surface area contributed by atoms with Gasteiger partial charge in [0.15, 0.2) is 0 Å². The molecule has 0 saturated heterocycles. The lowest BCUT2D eigenvalue weighted by molar-refractivity contribution is 0.314. The van der Waals surface area contributed by atoms with Crippen molar-refractivity contribution < 1.29 is 4.74 Å². The van der Waals surface area contributed by atoms with Crippen molar-refractivity contribution in [2.45, 2.75) is 40.2 Å². The van der Waals surface area contributed by atoms with Gasteiger partial charge in [0.05, 0.1) is 6.61 Å². The fourth-order valence-electron chi connectivity index (χ4n) is 1.49. The summed E-state index contributed by atoms with van der Waals surface area (Å²) in [7, 11) is 0. The monoisotopic (exact) mass is 221 g/mol. The highest BCUT2D eigenvalue weighted by Gasteiger charge is 2.21. The van der Waals surface area contributed by atoms with Crippen LogP contribution in [0, 0.1) is 5.41 Å². The first-order valence-electron chi connectivity index (χ1n) is 5.93. The summed E-state index contributed by atoms with van der Waals surface area (Å²) in [5.74, 6) is 0.923. The maximum atomic E-state index is 6.18. The maximum absolute atomic E-state index is 6.18. The van der Waals surface area contributed by atoms with E-state index in [1.165, 1.54) is 0 Å². The zero-order valence-electron chi connectivity index (χ0n) is 10.8. The second-order valence-electron chi connectivity index (χ2n) is 5.26. The highest BCUT2D eigenvalue weighted by atomic mass is 16.5. The normalized spacial score (nSPS) is 13.6. The average Bonchev–Trinajstić information content (AvgIpc) is 2.25. The van der Waals surface area contributed by atoms with Crippen molar-refractivity contribution in [1.82, 2.24) is 0 Å². The van der Waals surface area contributed by atoms with Gasteiger partial charge < -0.3 is 10.5 Å². The molecule has 1 unspecified atom stereocenters.